The lowest BCUT2D eigenvalue weighted by Gasteiger charge is -2.15. The van der Waals surface area contributed by atoms with Crippen LogP contribution in [0.15, 0.2) is 47.4 Å². The van der Waals surface area contributed by atoms with Crippen molar-refractivity contribution in [2.75, 3.05) is 5.32 Å². The minimum atomic E-state index is -0.552. The molecule has 0 radical (unpaired) electrons. The molecule has 4 nitrogen and oxygen atoms in total. The number of carbonyl (C=O) groups excluding carboxylic acids is 1. The predicted octanol–water partition coefficient (Wildman–Crippen LogP) is 2.66. The number of benzene rings is 1. The highest BCUT2D eigenvalue weighted by atomic mass is 16.2. The van der Waals surface area contributed by atoms with Gasteiger partial charge in [0, 0.05) is 17.4 Å². The van der Waals surface area contributed by atoms with Crippen molar-refractivity contribution in [1.29, 1.82) is 0 Å². The number of nitrogens with zero attached hydrogens (tertiary/aromatic N) is 1. The van der Waals surface area contributed by atoms with Crippen LogP contribution >= 0.6 is 0 Å². The van der Waals surface area contributed by atoms with E-state index >= 15 is 0 Å². The molecule has 1 aromatic carbocycles. The van der Waals surface area contributed by atoms with E-state index in [-0.39, 0.29) is 11.5 Å². The first kappa shape index (κ1) is 14.1. The summed E-state index contributed by atoms with van der Waals surface area (Å²) in [4.78, 5) is 24.2. The molecule has 0 aliphatic carbocycles. The number of aryl methyl sites for hydroxylation is 2. The van der Waals surface area contributed by atoms with E-state index in [0.29, 0.717) is 5.56 Å². The largest absolute Gasteiger partial charge is 0.324 e. The van der Waals surface area contributed by atoms with Crippen LogP contribution in [0.1, 0.15) is 24.1 Å². The Labute approximate surface area is 118 Å². The van der Waals surface area contributed by atoms with E-state index in [0.717, 1.165) is 11.3 Å². The van der Waals surface area contributed by atoms with Crippen molar-refractivity contribution < 1.29 is 4.79 Å². The van der Waals surface area contributed by atoms with Crippen molar-refractivity contribution in [2.24, 2.45) is 0 Å². The molecule has 2 rings (SSSR count). The van der Waals surface area contributed by atoms with Crippen LogP contribution < -0.4 is 10.9 Å². The summed E-state index contributed by atoms with van der Waals surface area (Å²) in [6.45, 7) is 5.44. The molecule has 0 aliphatic rings. The zero-order valence-electron chi connectivity index (χ0n) is 11.9. The van der Waals surface area contributed by atoms with E-state index in [1.54, 1.807) is 32.2 Å². The molecule has 0 bridgehead atoms. The van der Waals surface area contributed by atoms with Crippen molar-refractivity contribution in [2.45, 2.75) is 26.8 Å². The van der Waals surface area contributed by atoms with Crippen molar-refractivity contribution in [1.82, 2.24) is 4.57 Å². The minimum absolute atomic E-state index is 0.140. The quantitative estimate of drug-likeness (QED) is 0.932. The molecule has 20 heavy (non-hydrogen) atoms. The Kier molecular flexibility index (Phi) is 4.03. The molecule has 0 saturated carbocycles. The lowest BCUT2D eigenvalue weighted by molar-refractivity contribution is -0.118. The van der Waals surface area contributed by atoms with Crippen molar-refractivity contribution in [3.8, 4) is 0 Å². The van der Waals surface area contributed by atoms with E-state index in [4.69, 9.17) is 0 Å². The molecular formula is C16H18N2O2. The van der Waals surface area contributed by atoms with Gasteiger partial charge in [-0.05, 0) is 39.0 Å². The molecule has 1 amide bonds. The highest BCUT2D eigenvalue weighted by Crippen LogP contribution is 2.12. The molecule has 104 valence electrons. The zero-order chi connectivity index (χ0) is 14.7. The van der Waals surface area contributed by atoms with Gasteiger partial charge < -0.3 is 9.88 Å². The molecule has 1 atom stereocenters. The summed E-state index contributed by atoms with van der Waals surface area (Å²) in [5.74, 6) is -0.207. The van der Waals surface area contributed by atoms with Gasteiger partial charge in [0.2, 0.25) is 5.91 Å². The van der Waals surface area contributed by atoms with Crippen LogP contribution in [0.5, 0.6) is 0 Å². The fraction of sp³-hybridized carbons (Fsp3) is 0.250. The maximum absolute atomic E-state index is 12.2. The molecule has 2 aromatic rings. The van der Waals surface area contributed by atoms with Gasteiger partial charge in [-0.25, -0.2) is 0 Å². The van der Waals surface area contributed by atoms with E-state index in [9.17, 15) is 9.59 Å². The van der Waals surface area contributed by atoms with Gasteiger partial charge in [0.05, 0.1) is 0 Å². The van der Waals surface area contributed by atoms with Crippen LogP contribution in [0.3, 0.4) is 0 Å². The second kappa shape index (κ2) is 5.74. The predicted molar refractivity (Wildman–Crippen MR) is 80.0 cm³/mol. The molecular weight excluding hydrogens is 252 g/mol. The zero-order valence-corrected chi connectivity index (χ0v) is 11.9. The average molecular weight is 270 g/mol. The second-order valence-corrected chi connectivity index (χ2v) is 4.93. The molecule has 1 aromatic heterocycles. The van der Waals surface area contributed by atoms with Gasteiger partial charge in [-0.2, -0.15) is 0 Å². The molecule has 0 aliphatic heterocycles. The third-order valence-electron chi connectivity index (χ3n) is 3.28. The first-order chi connectivity index (χ1) is 9.49. The number of hydrogen-bond acceptors (Lipinski definition) is 2. The van der Waals surface area contributed by atoms with Crippen LogP contribution in [0.25, 0.3) is 0 Å². The molecule has 1 N–H and O–H groups in total. The summed E-state index contributed by atoms with van der Waals surface area (Å²) in [6.07, 6.45) is 1.63. The third kappa shape index (κ3) is 2.96. The number of pyridine rings is 1. The van der Waals surface area contributed by atoms with Crippen LogP contribution in [0.2, 0.25) is 0 Å². The van der Waals surface area contributed by atoms with Gasteiger partial charge in [0.15, 0.2) is 0 Å². The lowest BCUT2D eigenvalue weighted by Crippen LogP contribution is -2.32. The van der Waals surface area contributed by atoms with Crippen LogP contribution in [-0.2, 0) is 4.79 Å². The summed E-state index contributed by atoms with van der Waals surface area (Å²) < 4.78 is 1.44. The highest BCUT2D eigenvalue weighted by Gasteiger charge is 2.16. The Morgan fingerprint density at radius 1 is 1.15 bits per heavy atom. The number of amides is 1. The fourth-order valence-electron chi connectivity index (χ4n) is 1.94. The van der Waals surface area contributed by atoms with Crippen LogP contribution in [-0.4, -0.2) is 10.5 Å². The standard InChI is InChI=1S/C16H18N2O2/c1-11-6-8-14(9-7-11)17-15(19)13(3)18-10-4-5-12(2)16(18)20/h4-10,13H,1-3H3,(H,17,19). The lowest BCUT2D eigenvalue weighted by atomic mass is 10.2. The number of hydrogen-bond donors (Lipinski definition) is 1. The first-order valence-electron chi connectivity index (χ1n) is 6.54. The Hall–Kier alpha value is -2.36. The smallest absolute Gasteiger partial charge is 0.254 e. The highest BCUT2D eigenvalue weighted by molar-refractivity contribution is 5.93. The normalized spacial score (nSPS) is 11.9. The Morgan fingerprint density at radius 3 is 2.45 bits per heavy atom. The molecule has 0 saturated heterocycles. The molecule has 4 heteroatoms. The third-order valence-corrected chi connectivity index (χ3v) is 3.28. The first-order valence-corrected chi connectivity index (χ1v) is 6.54. The van der Waals surface area contributed by atoms with E-state index in [2.05, 4.69) is 5.32 Å². The monoisotopic (exact) mass is 270 g/mol. The molecule has 0 spiro atoms. The van der Waals surface area contributed by atoms with Gasteiger partial charge in [-0.15, -0.1) is 0 Å². The number of anilines is 1. The summed E-state index contributed by atoms with van der Waals surface area (Å²) in [6, 6.07) is 10.5. The number of nitrogens with one attached hydrogen (secondary N) is 1. The van der Waals surface area contributed by atoms with Crippen molar-refractivity contribution >= 4 is 11.6 Å². The van der Waals surface area contributed by atoms with Crippen molar-refractivity contribution in [3.05, 3.63) is 64.1 Å². The average Bonchev–Trinajstić information content (AvgIpc) is 2.43. The summed E-state index contributed by atoms with van der Waals surface area (Å²) in [5.41, 5.74) is 2.35. The Bertz CT molecular complexity index is 672. The van der Waals surface area contributed by atoms with Gasteiger partial charge >= 0.3 is 0 Å². The van der Waals surface area contributed by atoms with Gasteiger partial charge in [0.1, 0.15) is 6.04 Å². The molecule has 0 fully saturated rings. The maximum Gasteiger partial charge on any atom is 0.254 e. The SMILES string of the molecule is Cc1ccc(NC(=O)C(C)n2cccc(C)c2=O)cc1. The Balaban J connectivity index is 2.18. The van der Waals surface area contributed by atoms with Gasteiger partial charge in [0.25, 0.3) is 5.56 Å². The van der Waals surface area contributed by atoms with Gasteiger partial charge in [-0.3, -0.25) is 9.59 Å². The second-order valence-electron chi connectivity index (χ2n) is 4.93. The van der Waals surface area contributed by atoms with Crippen LogP contribution in [0.4, 0.5) is 5.69 Å². The topological polar surface area (TPSA) is 51.1 Å². The summed E-state index contributed by atoms with van der Waals surface area (Å²) >= 11 is 0. The molecule has 1 unspecified atom stereocenters. The van der Waals surface area contributed by atoms with Crippen molar-refractivity contribution in [3.63, 3.8) is 0 Å². The minimum Gasteiger partial charge on any atom is -0.324 e. The number of carbonyl (C=O) groups is 1. The number of rotatable bonds is 3. The summed E-state index contributed by atoms with van der Waals surface area (Å²) in [7, 11) is 0. The number of aromatic nitrogens is 1. The van der Waals surface area contributed by atoms with Gasteiger partial charge in [-0.1, -0.05) is 23.8 Å². The maximum atomic E-state index is 12.2. The molecule has 1 heterocycles. The van der Waals surface area contributed by atoms with E-state index in [1.165, 1.54) is 4.57 Å². The summed E-state index contributed by atoms with van der Waals surface area (Å²) in [5, 5.41) is 2.82. The van der Waals surface area contributed by atoms with E-state index < -0.39 is 6.04 Å². The van der Waals surface area contributed by atoms with E-state index in [1.807, 2.05) is 31.2 Å². The fourth-order valence-corrected chi connectivity index (χ4v) is 1.94. The van der Waals surface area contributed by atoms with Crippen LogP contribution in [0, 0.1) is 13.8 Å². The Morgan fingerprint density at radius 2 is 1.80 bits per heavy atom.